The molecule has 1 aromatic heterocycles. The molecule has 0 amide bonds. The van der Waals surface area contributed by atoms with Gasteiger partial charge in [0, 0.05) is 39.3 Å². The highest BCUT2D eigenvalue weighted by molar-refractivity contribution is 5.14. The van der Waals surface area contributed by atoms with Crippen LogP contribution in [0.25, 0.3) is 0 Å². The molecule has 0 saturated carbocycles. The van der Waals surface area contributed by atoms with Gasteiger partial charge in [0.25, 0.3) is 0 Å². The number of benzene rings is 1. The number of piperidine rings is 1. The standard InChI is InChI=1S/C19H26N4O2/c1-24-14-18-20-19(25-21-18)13-23-11-16-7-8-17(23)12-22(10-16)9-15-5-3-2-4-6-15/h2-6,16-17H,7-14H2,1H3/t16-,17+/m0/s1. The van der Waals surface area contributed by atoms with Crippen LogP contribution in [-0.4, -0.2) is 52.7 Å². The highest BCUT2D eigenvalue weighted by Gasteiger charge is 2.35. The summed E-state index contributed by atoms with van der Waals surface area (Å²) in [5, 5.41) is 3.98. The number of aromatic nitrogens is 2. The first-order valence-electron chi connectivity index (χ1n) is 9.11. The molecule has 2 atom stereocenters. The molecule has 0 unspecified atom stereocenters. The summed E-state index contributed by atoms with van der Waals surface area (Å²) in [7, 11) is 1.64. The SMILES string of the molecule is COCc1noc(CN2C[C@H]3CC[C@@H]2CN(Cc2ccccc2)C3)n1. The fourth-order valence-corrected chi connectivity index (χ4v) is 4.16. The van der Waals surface area contributed by atoms with Gasteiger partial charge < -0.3 is 9.26 Å². The number of nitrogens with zero attached hydrogens (tertiary/aromatic N) is 4. The molecule has 2 bridgehead atoms. The van der Waals surface area contributed by atoms with Crippen LogP contribution in [0.4, 0.5) is 0 Å². The van der Waals surface area contributed by atoms with Gasteiger partial charge in [0.2, 0.25) is 5.89 Å². The number of methoxy groups -OCH3 is 1. The molecule has 0 N–H and O–H groups in total. The Bertz CT molecular complexity index is 675. The summed E-state index contributed by atoms with van der Waals surface area (Å²) >= 11 is 0. The largest absolute Gasteiger partial charge is 0.377 e. The van der Waals surface area contributed by atoms with Gasteiger partial charge in [-0.15, -0.1) is 0 Å². The number of rotatable bonds is 6. The van der Waals surface area contributed by atoms with Crippen molar-refractivity contribution in [2.45, 2.75) is 38.6 Å². The second-order valence-electron chi connectivity index (χ2n) is 7.24. The van der Waals surface area contributed by atoms with Crippen LogP contribution in [0.2, 0.25) is 0 Å². The predicted octanol–water partition coefficient (Wildman–Crippen LogP) is 2.31. The van der Waals surface area contributed by atoms with E-state index in [-0.39, 0.29) is 0 Å². The van der Waals surface area contributed by atoms with E-state index < -0.39 is 0 Å². The third-order valence-electron chi connectivity index (χ3n) is 5.27. The van der Waals surface area contributed by atoms with Gasteiger partial charge in [-0.1, -0.05) is 35.5 Å². The van der Waals surface area contributed by atoms with Crippen molar-refractivity contribution in [3.8, 4) is 0 Å². The van der Waals surface area contributed by atoms with Crippen LogP contribution in [0.3, 0.4) is 0 Å². The Morgan fingerprint density at radius 1 is 1.12 bits per heavy atom. The van der Waals surface area contributed by atoms with Crippen molar-refractivity contribution >= 4 is 0 Å². The molecule has 0 aliphatic carbocycles. The van der Waals surface area contributed by atoms with E-state index in [0.717, 1.165) is 32.1 Å². The normalized spacial score (nSPS) is 24.5. The zero-order valence-corrected chi connectivity index (χ0v) is 14.8. The predicted molar refractivity (Wildman–Crippen MR) is 93.7 cm³/mol. The van der Waals surface area contributed by atoms with E-state index in [9.17, 15) is 0 Å². The fourth-order valence-electron chi connectivity index (χ4n) is 4.16. The number of hydrogen-bond donors (Lipinski definition) is 0. The van der Waals surface area contributed by atoms with Gasteiger partial charge in [-0.3, -0.25) is 9.80 Å². The average Bonchev–Trinajstić information content (AvgIpc) is 2.87. The minimum Gasteiger partial charge on any atom is -0.377 e. The van der Waals surface area contributed by atoms with Gasteiger partial charge in [0.1, 0.15) is 6.61 Å². The average molecular weight is 342 g/mol. The topological polar surface area (TPSA) is 54.6 Å². The molecular weight excluding hydrogens is 316 g/mol. The molecule has 6 nitrogen and oxygen atoms in total. The van der Waals surface area contributed by atoms with Gasteiger partial charge in [0.05, 0.1) is 6.54 Å². The molecule has 0 spiro atoms. The van der Waals surface area contributed by atoms with E-state index in [2.05, 4.69) is 50.3 Å². The first-order valence-corrected chi connectivity index (χ1v) is 9.11. The molecular formula is C19H26N4O2. The first kappa shape index (κ1) is 16.7. The molecule has 3 saturated heterocycles. The van der Waals surface area contributed by atoms with Crippen molar-refractivity contribution in [1.29, 1.82) is 0 Å². The van der Waals surface area contributed by atoms with Gasteiger partial charge in [-0.05, 0) is 24.3 Å². The Hall–Kier alpha value is -1.76. The maximum absolute atomic E-state index is 5.39. The van der Waals surface area contributed by atoms with Crippen LogP contribution in [0.5, 0.6) is 0 Å². The van der Waals surface area contributed by atoms with Crippen molar-refractivity contribution in [3.63, 3.8) is 0 Å². The van der Waals surface area contributed by atoms with E-state index >= 15 is 0 Å². The highest BCUT2D eigenvalue weighted by atomic mass is 16.5. The lowest BCUT2D eigenvalue weighted by Gasteiger charge is -2.35. The van der Waals surface area contributed by atoms with Crippen molar-refractivity contribution in [2.24, 2.45) is 5.92 Å². The second-order valence-corrected chi connectivity index (χ2v) is 7.24. The van der Waals surface area contributed by atoms with Crippen molar-refractivity contribution in [3.05, 3.63) is 47.6 Å². The number of hydrogen-bond acceptors (Lipinski definition) is 6. The van der Waals surface area contributed by atoms with Crippen LogP contribution in [-0.2, 0) is 24.4 Å². The molecule has 0 radical (unpaired) electrons. The second kappa shape index (κ2) is 7.64. The van der Waals surface area contributed by atoms with Gasteiger partial charge >= 0.3 is 0 Å². The fraction of sp³-hybridized carbons (Fsp3) is 0.579. The molecule has 25 heavy (non-hydrogen) atoms. The third kappa shape index (κ3) is 4.08. The summed E-state index contributed by atoms with van der Waals surface area (Å²) in [5.41, 5.74) is 1.40. The van der Waals surface area contributed by atoms with Crippen molar-refractivity contribution in [1.82, 2.24) is 19.9 Å². The molecule has 3 aliphatic heterocycles. The number of fused-ring (bicyclic) bond motifs is 4. The summed E-state index contributed by atoms with van der Waals surface area (Å²) in [4.78, 5) is 9.58. The molecule has 2 aromatic rings. The van der Waals surface area contributed by atoms with Crippen molar-refractivity contribution < 1.29 is 9.26 Å². The molecule has 1 aromatic carbocycles. The third-order valence-corrected chi connectivity index (χ3v) is 5.27. The minimum atomic E-state index is 0.403. The maximum atomic E-state index is 5.39. The first-order chi connectivity index (χ1) is 12.3. The lowest BCUT2D eigenvalue weighted by Crippen LogP contribution is -2.43. The van der Waals surface area contributed by atoms with Crippen LogP contribution in [0, 0.1) is 5.92 Å². The molecule has 4 heterocycles. The minimum absolute atomic E-state index is 0.403. The van der Waals surface area contributed by atoms with E-state index in [1.807, 2.05) is 0 Å². The molecule has 3 fully saturated rings. The molecule has 134 valence electrons. The number of ether oxygens (including phenoxy) is 1. The van der Waals surface area contributed by atoms with Crippen LogP contribution < -0.4 is 0 Å². The quantitative estimate of drug-likeness (QED) is 0.803. The van der Waals surface area contributed by atoms with Crippen LogP contribution >= 0.6 is 0 Å². The van der Waals surface area contributed by atoms with Gasteiger partial charge in [-0.25, -0.2) is 0 Å². The summed E-state index contributed by atoms with van der Waals surface area (Å²) in [6.07, 6.45) is 2.58. The molecule has 6 heteroatoms. The van der Waals surface area contributed by atoms with Crippen LogP contribution in [0.15, 0.2) is 34.9 Å². The Labute approximate surface area is 148 Å². The smallest absolute Gasteiger partial charge is 0.240 e. The van der Waals surface area contributed by atoms with Gasteiger partial charge in [0.15, 0.2) is 5.82 Å². The Morgan fingerprint density at radius 2 is 2.00 bits per heavy atom. The zero-order valence-electron chi connectivity index (χ0n) is 14.8. The monoisotopic (exact) mass is 342 g/mol. The summed E-state index contributed by atoms with van der Waals surface area (Å²) < 4.78 is 10.5. The zero-order chi connectivity index (χ0) is 17.1. The molecule has 5 rings (SSSR count). The summed E-state index contributed by atoms with van der Waals surface area (Å²) in [6.45, 7) is 5.61. The van der Waals surface area contributed by atoms with E-state index in [4.69, 9.17) is 9.26 Å². The van der Waals surface area contributed by atoms with E-state index in [1.165, 1.54) is 24.9 Å². The lowest BCUT2D eigenvalue weighted by molar-refractivity contribution is 0.109. The van der Waals surface area contributed by atoms with E-state index in [1.54, 1.807) is 7.11 Å². The van der Waals surface area contributed by atoms with Crippen molar-refractivity contribution in [2.75, 3.05) is 26.7 Å². The summed E-state index contributed by atoms with van der Waals surface area (Å²) in [5.74, 6) is 2.06. The van der Waals surface area contributed by atoms with Gasteiger partial charge in [-0.2, -0.15) is 4.98 Å². The maximum Gasteiger partial charge on any atom is 0.240 e. The molecule has 3 aliphatic rings. The lowest BCUT2D eigenvalue weighted by atomic mass is 9.95. The van der Waals surface area contributed by atoms with Crippen LogP contribution in [0.1, 0.15) is 30.1 Å². The summed E-state index contributed by atoms with van der Waals surface area (Å²) in [6, 6.07) is 11.4. The van der Waals surface area contributed by atoms with E-state index in [0.29, 0.717) is 24.4 Å². The Kier molecular flexibility index (Phi) is 5.10. The Balaban J connectivity index is 1.40. The highest BCUT2D eigenvalue weighted by Crippen LogP contribution is 2.29. The Morgan fingerprint density at radius 3 is 2.84 bits per heavy atom.